The average Bonchev–Trinajstić information content (AvgIpc) is 2.83. The predicted molar refractivity (Wildman–Crippen MR) is 90.3 cm³/mol. The van der Waals surface area contributed by atoms with Crippen molar-refractivity contribution in [2.75, 3.05) is 0 Å². The first-order valence-electron chi connectivity index (χ1n) is 6.96. The number of aryl methyl sites for hydroxylation is 1. The van der Waals surface area contributed by atoms with Crippen LogP contribution < -0.4 is 0 Å². The zero-order chi connectivity index (χ0) is 15.3. The van der Waals surface area contributed by atoms with E-state index in [4.69, 9.17) is 16.6 Å². The smallest absolute Gasteiger partial charge is 0.116 e. The van der Waals surface area contributed by atoms with Crippen molar-refractivity contribution in [2.45, 2.75) is 0 Å². The Labute approximate surface area is 132 Å². The standard InChI is InChI=1S/C18H13ClN2O/c1-21-10-15(14-9-13(22)4-7-18(14)21)17-5-2-11-8-12(19)3-6-16(11)20-17/h2-10,22H,1H3. The van der Waals surface area contributed by atoms with Crippen LogP contribution >= 0.6 is 11.6 Å². The van der Waals surface area contributed by atoms with Crippen LogP contribution in [-0.2, 0) is 7.05 Å². The lowest BCUT2D eigenvalue weighted by atomic mass is 10.1. The zero-order valence-corrected chi connectivity index (χ0v) is 12.7. The molecule has 2 heterocycles. The van der Waals surface area contributed by atoms with E-state index in [1.165, 1.54) is 0 Å². The van der Waals surface area contributed by atoms with E-state index in [0.717, 1.165) is 33.1 Å². The molecule has 0 radical (unpaired) electrons. The fourth-order valence-corrected chi connectivity index (χ4v) is 3.01. The quantitative estimate of drug-likeness (QED) is 0.551. The molecule has 1 N–H and O–H groups in total. The maximum absolute atomic E-state index is 9.77. The lowest BCUT2D eigenvalue weighted by Crippen LogP contribution is -1.85. The minimum Gasteiger partial charge on any atom is -0.508 e. The number of halogens is 1. The first-order valence-corrected chi connectivity index (χ1v) is 7.34. The number of nitrogens with zero attached hydrogens (tertiary/aromatic N) is 2. The van der Waals surface area contributed by atoms with Gasteiger partial charge in [0.25, 0.3) is 0 Å². The van der Waals surface area contributed by atoms with Crippen molar-refractivity contribution < 1.29 is 5.11 Å². The number of pyridine rings is 1. The largest absolute Gasteiger partial charge is 0.508 e. The van der Waals surface area contributed by atoms with Gasteiger partial charge in [0.2, 0.25) is 0 Å². The van der Waals surface area contributed by atoms with Crippen LogP contribution in [0.1, 0.15) is 0 Å². The van der Waals surface area contributed by atoms with E-state index in [0.29, 0.717) is 5.02 Å². The van der Waals surface area contributed by atoms with Gasteiger partial charge in [0.05, 0.1) is 11.2 Å². The van der Waals surface area contributed by atoms with Gasteiger partial charge in [0.1, 0.15) is 5.75 Å². The summed E-state index contributed by atoms with van der Waals surface area (Å²) in [6.07, 6.45) is 2.04. The molecular weight excluding hydrogens is 296 g/mol. The third-order valence-electron chi connectivity index (χ3n) is 3.90. The minimum atomic E-state index is 0.257. The van der Waals surface area contributed by atoms with Crippen LogP contribution in [0.15, 0.2) is 54.7 Å². The van der Waals surface area contributed by atoms with E-state index in [9.17, 15) is 5.11 Å². The molecule has 0 bridgehead atoms. The second-order valence-corrected chi connectivity index (χ2v) is 5.83. The molecule has 108 valence electrons. The first-order chi connectivity index (χ1) is 10.6. The fraction of sp³-hybridized carbons (Fsp3) is 0.0556. The minimum absolute atomic E-state index is 0.257. The Morgan fingerprint density at radius 3 is 2.77 bits per heavy atom. The molecular formula is C18H13ClN2O. The van der Waals surface area contributed by atoms with E-state index in [2.05, 4.69) is 0 Å². The van der Waals surface area contributed by atoms with Crippen molar-refractivity contribution in [1.29, 1.82) is 0 Å². The molecule has 0 amide bonds. The van der Waals surface area contributed by atoms with Crippen LogP contribution in [0.2, 0.25) is 5.02 Å². The maximum atomic E-state index is 9.77. The Morgan fingerprint density at radius 2 is 1.91 bits per heavy atom. The van der Waals surface area contributed by atoms with Crippen molar-refractivity contribution in [3.05, 3.63) is 59.8 Å². The van der Waals surface area contributed by atoms with Crippen molar-refractivity contribution in [1.82, 2.24) is 9.55 Å². The number of phenolic OH excluding ortho intramolecular Hbond substituents is 1. The molecule has 22 heavy (non-hydrogen) atoms. The van der Waals surface area contributed by atoms with Gasteiger partial charge in [-0.2, -0.15) is 0 Å². The van der Waals surface area contributed by atoms with Crippen LogP contribution in [0.5, 0.6) is 5.75 Å². The van der Waals surface area contributed by atoms with Gasteiger partial charge in [0, 0.05) is 40.1 Å². The van der Waals surface area contributed by atoms with Gasteiger partial charge in [-0.05, 0) is 42.5 Å². The summed E-state index contributed by atoms with van der Waals surface area (Å²) in [4.78, 5) is 4.73. The summed E-state index contributed by atoms with van der Waals surface area (Å²) in [5.74, 6) is 0.257. The zero-order valence-electron chi connectivity index (χ0n) is 11.9. The molecule has 0 saturated carbocycles. The lowest BCUT2D eigenvalue weighted by Gasteiger charge is -2.03. The SMILES string of the molecule is Cn1cc(-c2ccc3cc(Cl)ccc3n2)c2cc(O)ccc21. The van der Waals surface area contributed by atoms with Crippen LogP contribution in [-0.4, -0.2) is 14.7 Å². The Hall–Kier alpha value is -2.52. The van der Waals surface area contributed by atoms with Gasteiger partial charge < -0.3 is 9.67 Å². The number of hydrogen-bond donors (Lipinski definition) is 1. The molecule has 4 heteroatoms. The number of fused-ring (bicyclic) bond motifs is 2. The molecule has 2 aromatic heterocycles. The van der Waals surface area contributed by atoms with Crippen molar-refractivity contribution in [2.24, 2.45) is 7.05 Å². The number of benzene rings is 2. The maximum Gasteiger partial charge on any atom is 0.116 e. The molecule has 0 atom stereocenters. The summed E-state index contributed by atoms with van der Waals surface area (Å²) in [5.41, 5.74) is 3.85. The highest BCUT2D eigenvalue weighted by atomic mass is 35.5. The Kier molecular flexibility index (Phi) is 2.84. The highest BCUT2D eigenvalue weighted by Gasteiger charge is 2.11. The molecule has 4 rings (SSSR count). The molecule has 2 aromatic carbocycles. The predicted octanol–water partition coefficient (Wildman–Crippen LogP) is 4.75. The number of phenols is 1. The number of aromatic hydroxyl groups is 1. The van der Waals surface area contributed by atoms with Gasteiger partial charge in [-0.1, -0.05) is 17.7 Å². The van der Waals surface area contributed by atoms with Crippen molar-refractivity contribution >= 4 is 33.4 Å². The Balaban J connectivity index is 1.98. The van der Waals surface area contributed by atoms with Gasteiger partial charge in [-0.3, -0.25) is 0 Å². The lowest BCUT2D eigenvalue weighted by molar-refractivity contribution is 0.476. The summed E-state index contributed by atoms with van der Waals surface area (Å²) in [5, 5.41) is 12.5. The fourth-order valence-electron chi connectivity index (χ4n) is 2.83. The highest BCUT2D eigenvalue weighted by Crippen LogP contribution is 2.32. The summed E-state index contributed by atoms with van der Waals surface area (Å²) in [6, 6.07) is 15.1. The van der Waals surface area contributed by atoms with Gasteiger partial charge in [-0.15, -0.1) is 0 Å². The summed E-state index contributed by atoms with van der Waals surface area (Å²) in [6.45, 7) is 0. The average molecular weight is 309 g/mol. The molecule has 0 unspecified atom stereocenters. The van der Waals surface area contributed by atoms with E-state index >= 15 is 0 Å². The summed E-state index contributed by atoms with van der Waals surface area (Å²) in [7, 11) is 1.99. The second-order valence-electron chi connectivity index (χ2n) is 5.39. The molecule has 0 aliphatic rings. The number of rotatable bonds is 1. The molecule has 0 aliphatic carbocycles. The van der Waals surface area contributed by atoms with Crippen LogP contribution in [0.3, 0.4) is 0 Å². The summed E-state index contributed by atoms with van der Waals surface area (Å²) >= 11 is 6.02. The Bertz CT molecular complexity index is 1020. The van der Waals surface area contributed by atoms with E-state index in [1.807, 2.05) is 54.2 Å². The number of aromatic nitrogens is 2. The molecule has 0 spiro atoms. The molecule has 0 aliphatic heterocycles. The van der Waals surface area contributed by atoms with Crippen LogP contribution in [0.25, 0.3) is 33.1 Å². The van der Waals surface area contributed by atoms with Gasteiger partial charge in [0.15, 0.2) is 0 Å². The van der Waals surface area contributed by atoms with Crippen LogP contribution in [0.4, 0.5) is 0 Å². The monoisotopic (exact) mass is 308 g/mol. The van der Waals surface area contributed by atoms with E-state index in [1.54, 1.807) is 12.1 Å². The van der Waals surface area contributed by atoms with Gasteiger partial charge >= 0.3 is 0 Å². The Morgan fingerprint density at radius 1 is 1.05 bits per heavy atom. The van der Waals surface area contributed by atoms with Crippen LogP contribution in [0, 0.1) is 0 Å². The van der Waals surface area contributed by atoms with E-state index < -0.39 is 0 Å². The van der Waals surface area contributed by atoms with Crippen molar-refractivity contribution in [3.8, 4) is 17.0 Å². The molecule has 3 nitrogen and oxygen atoms in total. The first kappa shape index (κ1) is 13.2. The van der Waals surface area contributed by atoms with Crippen molar-refractivity contribution in [3.63, 3.8) is 0 Å². The second kappa shape index (κ2) is 4.75. The van der Waals surface area contributed by atoms with E-state index in [-0.39, 0.29) is 5.75 Å². The third kappa shape index (κ3) is 2.02. The normalized spacial score (nSPS) is 11.4. The number of hydrogen-bond acceptors (Lipinski definition) is 2. The molecule has 4 aromatic rings. The third-order valence-corrected chi connectivity index (χ3v) is 4.14. The molecule has 0 saturated heterocycles. The van der Waals surface area contributed by atoms with Gasteiger partial charge in [-0.25, -0.2) is 4.98 Å². The highest BCUT2D eigenvalue weighted by molar-refractivity contribution is 6.31. The topological polar surface area (TPSA) is 38.0 Å². The molecule has 0 fully saturated rings. The summed E-state index contributed by atoms with van der Waals surface area (Å²) < 4.78 is 2.04.